The summed E-state index contributed by atoms with van der Waals surface area (Å²) in [6.07, 6.45) is 1.62. The molecule has 20 heavy (non-hydrogen) atoms. The molecule has 0 bridgehead atoms. The van der Waals surface area contributed by atoms with E-state index in [0.29, 0.717) is 11.6 Å². The average molecular weight is 335 g/mol. The van der Waals surface area contributed by atoms with Gasteiger partial charge in [-0.1, -0.05) is 15.9 Å². The van der Waals surface area contributed by atoms with Crippen LogP contribution >= 0.6 is 15.9 Å². The van der Waals surface area contributed by atoms with E-state index in [1.165, 1.54) is 4.68 Å². The Labute approximate surface area is 124 Å². The van der Waals surface area contributed by atoms with Crippen LogP contribution in [0.25, 0.3) is 0 Å². The first-order valence-electron chi connectivity index (χ1n) is 5.76. The van der Waals surface area contributed by atoms with Crippen LogP contribution in [0.2, 0.25) is 0 Å². The molecule has 2 rings (SSSR count). The maximum Gasteiger partial charge on any atom is 0.263 e. The van der Waals surface area contributed by atoms with Gasteiger partial charge in [-0.25, -0.2) is 0 Å². The Kier molecular flexibility index (Phi) is 4.74. The number of carbonyl (C=O) groups is 1. The summed E-state index contributed by atoms with van der Waals surface area (Å²) in [5.41, 5.74) is 0. The van der Waals surface area contributed by atoms with E-state index in [4.69, 9.17) is 10.00 Å². The molecule has 102 valence electrons. The van der Waals surface area contributed by atoms with Gasteiger partial charge in [0.1, 0.15) is 12.3 Å². The van der Waals surface area contributed by atoms with E-state index in [-0.39, 0.29) is 19.1 Å². The van der Waals surface area contributed by atoms with E-state index in [1.807, 2.05) is 18.2 Å². The van der Waals surface area contributed by atoms with Gasteiger partial charge in [-0.3, -0.25) is 9.48 Å². The third-order valence-electron chi connectivity index (χ3n) is 2.32. The molecule has 0 radical (unpaired) electrons. The summed E-state index contributed by atoms with van der Waals surface area (Å²) < 4.78 is 7.71. The number of nitrogens with zero attached hydrogens (tertiary/aromatic N) is 3. The molecule has 0 spiro atoms. The van der Waals surface area contributed by atoms with Crippen molar-refractivity contribution in [2.75, 3.05) is 11.9 Å². The molecule has 0 fully saturated rings. The lowest BCUT2D eigenvalue weighted by Crippen LogP contribution is -2.20. The Morgan fingerprint density at radius 1 is 1.40 bits per heavy atom. The zero-order valence-corrected chi connectivity index (χ0v) is 12.0. The number of rotatable bonds is 5. The molecule has 0 atom stereocenters. The van der Waals surface area contributed by atoms with Crippen LogP contribution in [-0.4, -0.2) is 22.3 Å². The molecule has 0 aliphatic carbocycles. The molecule has 2 aromatic rings. The summed E-state index contributed by atoms with van der Waals surface area (Å²) in [5.74, 6) is 0.693. The van der Waals surface area contributed by atoms with Crippen LogP contribution in [0.4, 0.5) is 5.82 Å². The van der Waals surface area contributed by atoms with Crippen LogP contribution in [0, 0.1) is 11.3 Å². The van der Waals surface area contributed by atoms with Gasteiger partial charge in [-0.15, -0.1) is 0 Å². The van der Waals surface area contributed by atoms with E-state index in [9.17, 15) is 4.79 Å². The van der Waals surface area contributed by atoms with E-state index in [0.717, 1.165) is 4.47 Å². The van der Waals surface area contributed by atoms with Crippen LogP contribution < -0.4 is 10.1 Å². The number of ether oxygens (including phenoxy) is 1. The highest BCUT2D eigenvalue weighted by Crippen LogP contribution is 2.16. The largest absolute Gasteiger partial charge is 0.484 e. The number of hydrogen-bond acceptors (Lipinski definition) is 4. The molecular weight excluding hydrogens is 324 g/mol. The second-order valence-corrected chi connectivity index (χ2v) is 4.76. The number of hydrogen-bond donors (Lipinski definition) is 1. The van der Waals surface area contributed by atoms with E-state index in [2.05, 4.69) is 26.3 Å². The molecule has 1 N–H and O–H groups in total. The van der Waals surface area contributed by atoms with Crippen LogP contribution in [-0.2, 0) is 11.3 Å². The van der Waals surface area contributed by atoms with Gasteiger partial charge >= 0.3 is 0 Å². The fraction of sp³-hybridized carbons (Fsp3) is 0.154. The minimum atomic E-state index is -0.310. The molecule has 1 aromatic carbocycles. The molecule has 0 unspecified atom stereocenters. The van der Waals surface area contributed by atoms with E-state index >= 15 is 0 Å². The molecule has 1 heterocycles. The predicted octanol–water partition coefficient (Wildman–Crippen LogP) is 2.19. The van der Waals surface area contributed by atoms with Crippen LogP contribution in [0.5, 0.6) is 5.75 Å². The van der Waals surface area contributed by atoms with E-state index in [1.54, 1.807) is 24.4 Å². The summed E-state index contributed by atoms with van der Waals surface area (Å²) in [5, 5.41) is 15.1. The van der Waals surface area contributed by atoms with Crippen molar-refractivity contribution >= 4 is 27.7 Å². The average Bonchev–Trinajstić information content (AvgIpc) is 2.86. The van der Waals surface area contributed by atoms with Crippen LogP contribution in [0.15, 0.2) is 41.0 Å². The Balaban J connectivity index is 1.83. The van der Waals surface area contributed by atoms with Crippen LogP contribution in [0.3, 0.4) is 0 Å². The molecule has 0 saturated heterocycles. The van der Waals surface area contributed by atoms with Crippen molar-refractivity contribution in [1.29, 1.82) is 5.26 Å². The maximum atomic E-state index is 11.7. The Morgan fingerprint density at radius 3 is 2.85 bits per heavy atom. The maximum absolute atomic E-state index is 11.7. The summed E-state index contributed by atoms with van der Waals surface area (Å²) in [6, 6.07) is 10.8. The Bertz CT molecular complexity index is 631. The van der Waals surface area contributed by atoms with Gasteiger partial charge < -0.3 is 10.1 Å². The van der Waals surface area contributed by atoms with Crippen molar-refractivity contribution in [3.63, 3.8) is 0 Å². The minimum absolute atomic E-state index is 0.104. The second kappa shape index (κ2) is 6.73. The van der Waals surface area contributed by atoms with Gasteiger partial charge in [0.15, 0.2) is 12.4 Å². The summed E-state index contributed by atoms with van der Waals surface area (Å²) in [7, 11) is 0. The highest BCUT2D eigenvalue weighted by molar-refractivity contribution is 9.10. The zero-order valence-electron chi connectivity index (χ0n) is 10.4. The lowest BCUT2D eigenvalue weighted by atomic mass is 10.3. The first-order valence-corrected chi connectivity index (χ1v) is 6.55. The molecule has 0 saturated carbocycles. The highest BCUT2D eigenvalue weighted by atomic mass is 79.9. The summed E-state index contributed by atoms with van der Waals surface area (Å²) in [6.45, 7) is 0.0397. The molecule has 7 heteroatoms. The van der Waals surface area contributed by atoms with Gasteiger partial charge in [-0.2, -0.15) is 10.4 Å². The van der Waals surface area contributed by atoms with Crippen molar-refractivity contribution in [1.82, 2.24) is 9.78 Å². The fourth-order valence-corrected chi connectivity index (χ4v) is 1.71. The molecule has 1 amide bonds. The normalized spacial score (nSPS) is 9.80. The Morgan fingerprint density at radius 2 is 2.15 bits per heavy atom. The van der Waals surface area contributed by atoms with Crippen molar-refractivity contribution in [3.8, 4) is 11.8 Å². The Hall–Kier alpha value is -2.33. The number of amides is 1. The molecular formula is C13H11BrN4O2. The van der Waals surface area contributed by atoms with E-state index < -0.39 is 0 Å². The van der Waals surface area contributed by atoms with Crippen molar-refractivity contribution < 1.29 is 9.53 Å². The monoisotopic (exact) mass is 334 g/mol. The van der Waals surface area contributed by atoms with Crippen molar-refractivity contribution in [2.24, 2.45) is 0 Å². The minimum Gasteiger partial charge on any atom is -0.484 e. The number of anilines is 1. The number of benzene rings is 1. The number of carbonyl (C=O) groups excluding carboxylic acids is 1. The number of halogens is 1. The lowest BCUT2D eigenvalue weighted by Gasteiger charge is -2.05. The summed E-state index contributed by atoms with van der Waals surface area (Å²) >= 11 is 3.32. The van der Waals surface area contributed by atoms with Crippen molar-refractivity contribution in [3.05, 3.63) is 41.0 Å². The second-order valence-electron chi connectivity index (χ2n) is 3.85. The first kappa shape index (κ1) is 14.1. The third kappa shape index (κ3) is 4.10. The quantitative estimate of drug-likeness (QED) is 0.908. The highest BCUT2D eigenvalue weighted by Gasteiger charge is 2.06. The van der Waals surface area contributed by atoms with Gasteiger partial charge in [0.05, 0.1) is 6.07 Å². The SMILES string of the molecule is N#CCn1ccc(NC(=O)COc2ccc(Br)cc2)n1. The van der Waals surface area contributed by atoms with Gasteiger partial charge in [0.2, 0.25) is 0 Å². The zero-order chi connectivity index (χ0) is 14.4. The number of nitrogens with one attached hydrogen (secondary N) is 1. The third-order valence-corrected chi connectivity index (χ3v) is 2.85. The molecule has 1 aromatic heterocycles. The van der Waals surface area contributed by atoms with Gasteiger partial charge in [-0.05, 0) is 24.3 Å². The number of aromatic nitrogens is 2. The predicted molar refractivity (Wildman–Crippen MR) is 76.1 cm³/mol. The standard InChI is InChI=1S/C13H11BrN4O2/c14-10-1-3-11(4-2-10)20-9-13(19)16-12-5-7-18(17-12)8-6-15/h1-5,7H,8-9H2,(H,16,17,19). The summed E-state index contributed by atoms with van der Waals surface area (Å²) in [4.78, 5) is 11.7. The topological polar surface area (TPSA) is 79.9 Å². The van der Waals surface area contributed by atoms with Gasteiger partial charge in [0, 0.05) is 16.7 Å². The first-order chi connectivity index (χ1) is 9.67. The van der Waals surface area contributed by atoms with Crippen molar-refractivity contribution in [2.45, 2.75) is 6.54 Å². The smallest absolute Gasteiger partial charge is 0.263 e. The molecule has 0 aliphatic heterocycles. The van der Waals surface area contributed by atoms with Crippen LogP contribution in [0.1, 0.15) is 0 Å². The molecule has 6 nitrogen and oxygen atoms in total. The fourth-order valence-electron chi connectivity index (χ4n) is 1.45. The lowest BCUT2D eigenvalue weighted by molar-refractivity contribution is -0.118. The number of nitriles is 1. The van der Waals surface area contributed by atoms with Gasteiger partial charge in [0.25, 0.3) is 5.91 Å². The molecule has 0 aliphatic rings.